The van der Waals surface area contributed by atoms with E-state index in [0.717, 1.165) is 57.1 Å². The lowest BCUT2D eigenvalue weighted by Crippen LogP contribution is -2.39. The minimum atomic E-state index is 0.561. The van der Waals surface area contributed by atoms with Crippen molar-refractivity contribution >= 4 is 28.7 Å². The van der Waals surface area contributed by atoms with Crippen LogP contribution in [0.4, 0.5) is 5.69 Å². The molecule has 1 fully saturated rings. The first-order chi connectivity index (χ1) is 12.1. The van der Waals surface area contributed by atoms with Crippen LogP contribution in [0.3, 0.4) is 0 Å². The van der Waals surface area contributed by atoms with E-state index in [1.165, 1.54) is 5.69 Å². The summed E-state index contributed by atoms with van der Waals surface area (Å²) in [7, 11) is 4.06. The summed E-state index contributed by atoms with van der Waals surface area (Å²) in [5, 5.41) is 8.12. The van der Waals surface area contributed by atoms with Gasteiger partial charge >= 0.3 is 0 Å². The first-order valence-electron chi connectivity index (χ1n) is 8.72. The molecule has 6 nitrogen and oxygen atoms in total. The van der Waals surface area contributed by atoms with Crippen molar-refractivity contribution in [1.29, 1.82) is 0 Å². The van der Waals surface area contributed by atoms with Gasteiger partial charge in [0.25, 0.3) is 0 Å². The second kappa shape index (κ2) is 10.3. The molecule has 0 radical (unpaired) electrons. The SMILES string of the molecule is C/C(=N/NC(=S)NCCCN1CCOCC1)c1ccc(N(C)C)cc1. The summed E-state index contributed by atoms with van der Waals surface area (Å²) in [6.45, 7) is 7.62. The van der Waals surface area contributed by atoms with Crippen molar-refractivity contribution in [1.82, 2.24) is 15.6 Å². The van der Waals surface area contributed by atoms with Crippen molar-refractivity contribution in [2.75, 3.05) is 58.4 Å². The van der Waals surface area contributed by atoms with Crippen LogP contribution in [0.2, 0.25) is 0 Å². The second-order valence-corrected chi connectivity index (χ2v) is 6.72. The lowest BCUT2D eigenvalue weighted by Gasteiger charge is -2.26. The lowest BCUT2D eigenvalue weighted by molar-refractivity contribution is 0.0376. The quantitative estimate of drug-likeness (QED) is 0.333. The van der Waals surface area contributed by atoms with Crippen LogP contribution in [0.5, 0.6) is 0 Å². The molecule has 1 aromatic rings. The summed E-state index contributed by atoms with van der Waals surface area (Å²) in [6.07, 6.45) is 1.05. The Morgan fingerprint density at radius 1 is 1.24 bits per heavy atom. The normalized spacial score (nSPS) is 15.7. The number of hydrogen-bond donors (Lipinski definition) is 2. The molecule has 1 aliphatic heterocycles. The molecule has 0 aromatic heterocycles. The molecule has 1 aromatic carbocycles. The van der Waals surface area contributed by atoms with Gasteiger partial charge in [0.2, 0.25) is 0 Å². The van der Waals surface area contributed by atoms with E-state index in [-0.39, 0.29) is 0 Å². The third-order valence-electron chi connectivity index (χ3n) is 4.17. The van der Waals surface area contributed by atoms with Gasteiger partial charge < -0.3 is 15.0 Å². The topological polar surface area (TPSA) is 52.1 Å². The fourth-order valence-electron chi connectivity index (χ4n) is 2.57. The number of nitrogens with one attached hydrogen (secondary N) is 2. The van der Waals surface area contributed by atoms with Crippen LogP contribution in [0.1, 0.15) is 18.9 Å². The van der Waals surface area contributed by atoms with Gasteiger partial charge in [-0.15, -0.1) is 0 Å². The highest BCUT2D eigenvalue weighted by Crippen LogP contribution is 2.12. The van der Waals surface area contributed by atoms with Crippen LogP contribution in [0.25, 0.3) is 0 Å². The molecule has 25 heavy (non-hydrogen) atoms. The zero-order valence-electron chi connectivity index (χ0n) is 15.4. The lowest BCUT2D eigenvalue weighted by atomic mass is 10.1. The first-order valence-corrected chi connectivity index (χ1v) is 9.13. The summed E-state index contributed by atoms with van der Waals surface area (Å²) < 4.78 is 5.35. The highest BCUT2D eigenvalue weighted by atomic mass is 32.1. The summed E-state index contributed by atoms with van der Waals surface area (Å²) in [6, 6.07) is 8.29. The Bertz CT molecular complexity index is 567. The minimum absolute atomic E-state index is 0.561. The Kier molecular flexibility index (Phi) is 8.11. The number of ether oxygens (including phenoxy) is 1. The fourth-order valence-corrected chi connectivity index (χ4v) is 2.72. The van der Waals surface area contributed by atoms with Crippen molar-refractivity contribution in [3.05, 3.63) is 29.8 Å². The monoisotopic (exact) mass is 363 g/mol. The molecule has 0 amide bonds. The van der Waals surface area contributed by atoms with E-state index in [1.54, 1.807) is 0 Å². The number of morpholine rings is 1. The van der Waals surface area contributed by atoms with Crippen LogP contribution in [-0.2, 0) is 4.74 Å². The van der Waals surface area contributed by atoms with Crippen molar-refractivity contribution in [3.63, 3.8) is 0 Å². The molecule has 0 atom stereocenters. The Balaban J connectivity index is 1.67. The predicted molar refractivity (Wildman–Crippen MR) is 109 cm³/mol. The molecular formula is C18H29N5OS. The standard InChI is InChI=1S/C18H29N5OS/c1-15(16-5-7-17(8-6-16)22(2)3)20-21-18(25)19-9-4-10-23-11-13-24-14-12-23/h5-8H,4,9-14H2,1-3H3,(H2,19,21,25)/b20-15-. The Morgan fingerprint density at radius 2 is 1.92 bits per heavy atom. The highest BCUT2D eigenvalue weighted by molar-refractivity contribution is 7.80. The van der Waals surface area contributed by atoms with E-state index >= 15 is 0 Å². The summed E-state index contributed by atoms with van der Waals surface area (Å²) in [5.74, 6) is 0. The maximum atomic E-state index is 5.35. The molecule has 2 rings (SSSR count). The number of benzene rings is 1. The smallest absolute Gasteiger partial charge is 0.186 e. The maximum Gasteiger partial charge on any atom is 0.186 e. The average molecular weight is 364 g/mol. The number of hydrogen-bond acceptors (Lipinski definition) is 5. The molecule has 1 saturated heterocycles. The number of rotatable bonds is 7. The van der Waals surface area contributed by atoms with E-state index in [2.05, 4.69) is 49.9 Å². The minimum Gasteiger partial charge on any atom is -0.379 e. The van der Waals surface area contributed by atoms with Gasteiger partial charge in [-0.2, -0.15) is 5.10 Å². The zero-order valence-corrected chi connectivity index (χ0v) is 16.2. The van der Waals surface area contributed by atoms with E-state index in [0.29, 0.717) is 5.11 Å². The number of nitrogens with zero attached hydrogens (tertiary/aromatic N) is 3. The number of hydrazone groups is 1. The predicted octanol–water partition coefficient (Wildman–Crippen LogP) is 1.66. The van der Waals surface area contributed by atoms with Crippen LogP contribution in [0, 0.1) is 0 Å². The van der Waals surface area contributed by atoms with Crippen LogP contribution in [0.15, 0.2) is 29.4 Å². The van der Waals surface area contributed by atoms with Gasteiger partial charge in [-0.1, -0.05) is 12.1 Å². The molecule has 2 N–H and O–H groups in total. The number of thiocarbonyl (C=S) groups is 1. The van der Waals surface area contributed by atoms with Crippen LogP contribution in [-0.4, -0.2) is 69.2 Å². The third-order valence-corrected chi connectivity index (χ3v) is 4.40. The van der Waals surface area contributed by atoms with E-state index < -0.39 is 0 Å². The Hall–Kier alpha value is -1.70. The largest absolute Gasteiger partial charge is 0.379 e. The third kappa shape index (κ3) is 6.97. The number of anilines is 1. The van der Waals surface area contributed by atoms with Crippen molar-refractivity contribution in [2.45, 2.75) is 13.3 Å². The molecule has 0 aliphatic carbocycles. The Labute approximate surface area is 156 Å². The average Bonchev–Trinajstić information content (AvgIpc) is 2.64. The van der Waals surface area contributed by atoms with Crippen molar-refractivity contribution in [2.24, 2.45) is 5.10 Å². The van der Waals surface area contributed by atoms with E-state index in [1.807, 2.05) is 21.0 Å². The zero-order chi connectivity index (χ0) is 18.1. The van der Waals surface area contributed by atoms with Gasteiger partial charge in [0.05, 0.1) is 18.9 Å². The molecule has 0 spiro atoms. The second-order valence-electron chi connectivity index (χ2n) is 6.31. The summed E-state index contributed by atoms with van der Waals surface area (Å²) >= 11 is 5.28. The summed E-state index contributed by atoms with van der Waals surface area (Å²) in [4.78, 5) is 4.49. The van der Waals surface area contributed by atoms with Crippen molar-refractivity contribution < 1.29 is 4.74 Å². The molecule has 0 bridgehead atoms. The molecular weight excluding hydrogens is 334 g/mol. The molecule has 1 aliphatic rings. The van der Waals surface area contributed by atoms with Gasteiger partial charge in [0.1, 0.15) is 0 Å². The molecule has 0 saturated carbocycles. The van der Waals surface area contributed by atoms with E-state index in [4.69, 9.17) is 17.0 Å². The van der Waals surface area contributed by atoms with Gasteiger partial charge in [0, 0.05) is 39.4 Å². The van der Waals surface area contributed by atoms with Crippen LogP contribution < -0.4 is 15.6 Å². The first kappa shape index (κ1) is 19.6. The fraction of sp³-hybridized carbons (Fsp3) is 0.556. The molecule has 0 unspecified atom stereocenters. The maximum absolute atomic E-state index is 5.35. The van der Waals surface area contributed by atoms with Gasteiger partial charge in [-0.05, 0) is 49.8 Å². The van der Waals surface area contributed by atoms with Crippen LogP contribution >= 0.6 is 12.2 Å². The molecule has 7 heteroatoms. The van der Waals surface area contributed by atoms with Gasteiger partial charge in [-0.25, -0.2) is 0 Å². The molecule has 138 valence electrons. The highest BCUT2D eigenvalue weighted by Gasteiger charge is 2.09. The molecule has 1 heterocycles. The van der Waals surface area contributed by atoms with Gasteiger partial charge in [0.15, 0.2) is 5.11 Å². The Morgan fingerprint density at radius 3 is 2.56 bits per heavy atom. The van der Waals surface area contributed by atoms with E-state index in [9.17, 15) is 0 Å². The van der Waals surface area contributed by atoms with Gasteiger partial charge in [-0.3, -0.25) is 10.3 Å². The summed E-state index contributed by atoms with van der Waals surface area (Å²) in [5.41, 5.74) is 6.07. The van der Waals surface area contributed by atoms with Crippen molar-refractivity contribution in [3.8, 4) is 0 Å².